The van der Waals surface area contributed by atoms with Gasteiger partial charge in [-0.2, -0.15) is 0 Å². The third-order valence-electron chi connectivity index (χ3n) is 4.01. The van der Waals surface area contributed by atoms with Crippen molar-refractivity contribution in [2.45, 2.75) is 24.4 Å². The quantitative estimate of drug-likeness (QED) is 0.455. The van der Waals surface area contributed by atoms with Gasteiger partial charge in [-0.3, -0.25) is 4.68 Å². The Kier molecular flexibility index (Phi) is 5.80. The van der Waals surface area contributed by atoms with Gasteiger partial charge in [0.15, 0.2) is 11.0 Å². The standard InChI is InChI=1S/C18H21N5O3S/c1-5-23-15(14-10-22(2)21-16(14)25-3)19-20-18(23)27-11-12-6-8-13(9-7-12)17(24)26-4/h6-10H,5,11H2,1-4H3. The van der Waals surface area contributed by atoms with E-state index in [1.54, 1.807) is 35.7 Å². The van der Waals surface area contributed by atoms with Crippen LogP contribution in [0.3, 0.4) is 0 Å². The van der Waals surface area contributed by atoms with Crippen molar-refractivity contribution in [2.75, 3.05) is 14.2 Å². The molecule has 8 nitrogen and oxygen atoms in total. The van der Waals surface area contributed by atoms with E-state index in [0.717, 1.165) is 28.7 Å². The Balaban J connectivity index is 1.78. The summed E-state index contributed by atoms with van der Waals surface area (Å²) in [5, 5.41) is 13.8. The minimum absolute atomic E-state index is 0.338. The molecule has 0 aliphatic rings. The Morgan fingerprint density at radius 1 is 1.19 bits per heavy atom. The van der Waals surface area contributed by atoms with Crippen molar-refractivity contribution in [3.05, 3.63) is 41.6 Å². The molecular weight excluding hydrogens is 366 g/mol. The maximum Gasteiger partial charge on any atom is 0.337 e. The lowest BCUT2D eigenvalue weighted by atomic mass is 10.1. The Morgan fingerprint density at radius 2 is 1.93 bits per heavy atom. The van der Waals surface area contributed by atoms with Gasteiger partial charge in [0.25, 0.3) is 0 Å². The van der Waals surface area contributed by atoms with Crippen LogP contribution in [0.25, 0.3) is 11.4 Å². The number of methoxy groups -OCH3 is 2. The van der Waals surface area contributed by atoms with Crippen LogP contribution >= 0.6 is 11.8 Å². The molecule has 0 saturated carbocycles. The SMILES string of the molecule is CCn1c(SCc2ccc(C(=O)OC)cc2)nnc1-c1cn(C)nc1OC. The van der Waals surface area contributed by atoms with Crippen LogP contribution < -0.4 is 4.74 Å². The number of carbonyl (C=O) groups excluding carboxylic acids is 1. The van der Waals surface area contributed by atoms with E-state index in [1.807, 2.05) is 36.9 Å². The predicted molar refractivity (Wildman–Crippen MR) is 102 cm³/mol. The topological polar surface area (TPSA) is 84.1 Å². The molecule has 0 radical (unpaired) electrons. The van der Waals surface area contributed by atoms with Crippen LogP contribution in [0.1, 0.15) is 22.8 Å². The van der Waals surface area contributed by atoms with Gasteiger partial charge >= 0.3 is 5.97 Å². The van der Waals surface area contributed by atoms with Crippen molar-refractivity contribution in [1.82, 2.24) is 24.5 Å². The second-order valence-corrected chi connectivity index (χ2v) is 6.70. The average molecular weight is 387 g/mol. The summed E-state index contributed by atoms with van der Waals surface area (Å²) in [5.74, 6) is 1.62. The van der Waals surface area contributed by atoms with Gasteiger partial charge in [0.2, 0.25) is 5.88 Å². The van der Waals surface area contributed by atoms with Gasteiger partial charge in [-0.15, -0.1) is 15.3 Å². The van der Waals surface area contributed by atoms with E-state index in [-0.39, 0.29) is 5.97 Å². The summed E-state index contributed by atoms with van der Waals surface area (Å²) in [6.45, 7) is 2.77. The van der Waals surface area contributed by atoms with E-state index in [0.29, 0.717) is 17.2 Å². The van der Waals surface area contributed by atoms with Gasteiger partial charge in [0.05, 0.1) is 19.8 Å². The van der Waals surface area contributed by atoms with Crippen LogP contribution in [-0.2, 0) is 24.1 Å². The van der Waals surface area contributed by atoms with Crippen molar-refractivity contribution in [1.29, 1.82) is 0 Å². The molecular formula is C18H21N5O3S. The highest BCUT2D eigenvalue weighted by Gasteiger charge is 2.19. The number of carbonyl (C=O) groups is 1. The van der Waals surface area contributed by atoms with Crippen LogP contribution in [0, 0.1) is 0 Å². The largest absolute Gasteiger partial charge is 0.479 e. The lowest BCUT2D eigenvalue weighted by Crippen LogP contribution is -2.01. The first kappa shape index (κ1) is 19.0. The van der Waals surface area contributed by atoms with Gasteiger partial charge in [0, 0.05) is 25.5 Å². The molecule has 27 heavy (non-hydrogen) atoms. The second-order valence-electron chi connectivity index (χ2n) is 5.75. The van der Waals surface area contributed by atoms with Crippen LogP contribution in [0.5, 0.6) is 5.88 Å². The van der Waals surface area contributed by atoms with E-state index in [1.165, 1.54) is 7.11 Å². The number of aryl methyl sites for hydroxylation is 1. The highest BCUT2D eigenvalue weighted by atomic mass is 32.2. The summed E-state index contributed by atoms with van der Waals surface area (Å²) >= 11 is 1.59. The highest BCUT2D eigenvalue weighted by Crippen LogP contribution is 2.30. The smallest absolute Gasteiger partial charge is 0.337 e. The monoisotopic (exact) mass is 387 g/mol. The lowest BCUT2D eigenvalue weighted by molar-refractivity contribution is 0.0600. The first-order chi connectivity index (χ1) is 13.1. The first-order valence-corrected chi connectivity index (χ1v) is 9.37. The zero-order chi connectivity index (χ0) is 19.4. The maximum atomic E-state index is 11.5. The van der Waals surface area contributed by atoms with E-state index in [2.05, 4.69) is 15.3 Å². The summed E-state index contributed by atoms with van der Waals surface area (Å²) in [7, 11) is 4.80. The van der Waals surface area contributed by atoms with E-state index in [9.17, 15) is 4.79 Å². The number of hydrogen-bond donors (Lipinski definition) is 0. The van der Waals surface area contributed by atoms with Crippen molar-refractivity contribution in [3.8, 4) is 17.3 Å². The van der Waals surface area contributed by atoms with Crippen molar-refractivity contribution in [2.24, 2.45) is 7.05 Å². The van der Waals surface area contributed by atoms with Crippen LogP contribution in [0.15, 0.2) is 35.6 Å². The molecule has 0 amide bonds. The number of benzene rings is 1. The highest BCUT2D eigenvalue weighted by molar-refractivity contribution is 7.98. The fraction of sp³-hybridized carbons (Fsp3) is 0.333. The van der Waals surface area contributed by atoms with Gasteiger partial charge in [-0.05, 0) is 24.6 Å². The van der Waals surface area contributed by atoms with Crippen LogP contribution in [0.2, 0.25) is 0 Å². The summed E-state index contributed by atoms with van der Waals surface area (Å²) in [4.78, 5) is 11.5. The Morgan fingerprint density at radius 3 is 2.56 bits per heavy atom. The van der Waals surface area contributed by atoms with Crippen LogP contribution in [0.4, 0.5) is 0 Å². The van der Waals surface area contributed by atoms with Gasteiger partial charge < -0.3 is 14.0 Å². The number of hydrogen-bond acceptors (Lipinski definition) is 7. The van der Waals surface area contributed by atoms with Crippen molar-refractivity contribution in [3.63, 3.8) is 0 Å². The van der Waals surface area contributed by atoms with Gasteiger partial charge in [-0.25, -0.2) is 4.79 Å². The molecule has 0 atom stereocenters. The summed E-state index contributed by atoms with van der Waals surface area (Å²) in [5.41, 5.74) is 2.43. The average Bonchev–Trinajstić information content (AvgIpc) is 3.28. The van der Waals surface area contributed by atoms with Gasteiger partial charge in [-0.1, -0.05) is 23.9 Å². The predicted octanol–water partition coefficient (Wildman–Crippen LogP) is 2.79. The number of aromatic nitrogens is 5. The molecule has 142 valence electrons. The Hall–Kier alpha value is -2.81. The number of rotatable bonds is 7. The fourth-order valence-corrected chi connectivity index (χ4v) is 3.61. The Bertz CT molecular complexity index is 933. The van der Waals surface area contributed by atoms with Crippen molar-refractivity contribution >= 4 is 17.7 Å². The third kappa shape index (κ3) is 3.97. The van der Waals surface area contributed by atoms with E-state index in [4.69, 9.17) is 9.47 Å². The normalized spacial score (nSPS) is 10.8. The van der Waals surface area contributed by atoms with Gasteiger partial charge in [0.1, 0.15) is 5.56 Å². The lowest BCUT2D eigenvalue weighted by Gasteiger charge is -2.07. The molecule has 0 spiro atoms. The number of ether oxygens (including phenoxy) is 2. The minimum atomic E-state index is -0.338. The van der Waals surface area contributed by atoms with E-state index >= 15 is 0 Å². The zero-order valence-corrected chi connectivity index (χ0v) is 16.5. The number of nitrogens with zero attached hydrogens (tertiary/aromatic N) is 5. The summed E-state index contributed by atoms with van der Waals surface area (Å²) in [6.07, 6.45) is 1.87. The molecule has 0 aliphatic carbocycles. The molecule has 0 bridgehead atoms. The first-order valence-electron chi connectivity index (χ1n) is 8.38. The third-order valence-corrected chi connectivity index (χ3v) is 5.04. The molecule has 0 aliphatic heterocycles. The molecule has 1 aromatic carbocycles. The molecule has 2 heterocycles. The molecule has 0 N–H and O–H groups in total. The molecule has 3 rings (SSSR count). The zero-order valence-electron chi connectivity index (χ0n) is 15.7. The van der Waals surface area contributed by atoms with E-state index < -0.39 is 0 Å². The number of thioether (sulfide) groups is 1. The maximum absolute atomic E-state index is 11.5. The Labute approximate surface area is 161 Å². The molecule has 0 fully saturated rings. The van der Waals surface area contributed by atoms with Crippen molar-refractivity contribution < 1.29 is 14.3 Å². The molecule has 0 saturated heterocycles. The molecule has 0 unspecified atom stereocenters. The second kappa shape index (κ2) is 8.26. The van der Waals surface area contributed by atoms with Crippen LogP contribution in [-0.4, -0.2) is 44.7 Å². The molecule has 2 aromatic heterocycles. The summed E-state index contributed by atoms with van der Waals surface area (Å²) < 4.78 is 13.8. The molecule has 3 aromatic rings. The number of esters is 1. The fourth-order valence-electron chi connectivity index (χ4n) is 2.65. The summed E-state index contributed by atoms with van der Waals surface area (Å²) in [6, 6.07) is 7.35. The minimum Gasteiger partial charge on any atom is -0.479 e. The molecule has 9 heteroatoms.